The Morgan fingerprint density at radius 3 is 2.33 bits per heavy atom. The van der Waals surface area contributed by atoms with E-state index in [-0.39, 0.29) is 22.6 Å². The molecule has 0 atom stereocenters. The second kappa shape index (κ2) is 6.52. The summed E-state index contributed by atoms with van der Waals surface area (Å²) >= 11 is 6.01. The predicted molar refractivity (Wildman–Crippen MR) is 85.2 cm³/mol. The molecule has 0 aliphatic heterocycles. The summed E-state index contributed by atoms with van der Waals surface area (Å²) in [6, 6.07) is 3.01. The fourth-order valence-corrected chi connectivity index (χ4v) is 4.04. The van der Waals surface area contributed by atoms with Gasteiger partial charge in [-0.2, -0.15) is 0 Å². The highest BCUT2D eigenvalue weighted by Crippen LogP contribution is 2.34. The fraction of sp³-hybridized carbons (Fsp3) is 0.571. The van der Waals surface area contributed by atoms with Crippen LogP contribution in [0.25, 0.3) is 0 Å². The largest absolute Gasteiger partial charge is 0.495 e. The van der Waals surface area contributed by atoms with Crippen molar-refractivity contribution in [2.45, 2.75) is 32.2 Å². The van der Waals surface area contributed by atoms with Gasteiger partial charge in [0, 0.05) is 30.7 Å². The molecule has 0 aliphatic rings. The molecule has 5 nitrogen and oxygen atoms in total. The van der Waals surface area contributed by atoms with Gasteiger partial charge < -0.3 is 10.5 Å². The van der Waals surface area contributed by atoms with E-state index in [0.717, 1.165) is 0 Å². The molecular formula is C14H23ClN2O3S. The molecule has 7 heteroatoms. The number of rotatable bonds is 5. The molecule has 21 heavy (non-hydrogen) atoms. The first-order valence-corrected chi connectivity index (χ1v) is 8.37. The maximum Gasteiger partial charge on any atom is 0.246 e. The molecule has 0 fully saturated rings. The van der Waals surface area contributed by atoms with Gasteiger partial charge in [0.25, 0.3) is 0 Å². The summed E-state index contributed by atoms with van der Waals surface area (Å²) in [6.45, 7) is 6.44. The number of benzene rings is 1. The summed E-state index contributed by atoms with van der Waals surface area (Å²) in [6.07, 6.45) is 0. The summed E-state index contributed by atoms with van der Waals surface area (Å²) in [5, 5.41) is 0.319. The second-order valence-electron chi connectivity index (χ2n) is 6.12. The van der Waals surface area contributed by atoms with Crippen molar-refractivity contribution in [2.24, 2.45) is 11.1 Å². The van der Waals surface area contributed by atoms with Crippen LogP contribution in [0.4, 0.5) is 0 Å². The van der Waals surface area contributed by atoms with E-state index in [9.17, 15) is 8.42 Å². The van der Waals surface area contributed by atoms with Gasteiger partial charge in [-0.3, -0.25) is 0 Å². The lowest BCUT2D eigenvalue weighted by molar-refractivity contribution is 0.309. The normalized spacial score (nSPS) is 12.8. The molecule has 0 amide bonds. The standard InChI is InChI=1S/C14H23ClN2O3S/c1-14(2,3)9-17(4)21(18,19)12-7-11(15)6-10(8-16)13(12)20-5/h6-7H,8-9,16H2,1-5H3. The summed E-state index contributed by atoms with van der Waals surface area (Å²) in [7, 11) is -0.735. The van der Waals surface area contributed by atoms with Crippen LogP contribution < -0.4 is 10.5 Å². The highest BCUT2D eigenvalue weighted by molar-refractivity contribution is 7.89. The molecule has 0 unspecified atom stereocenters. The minimum atomic E-state index is -3.70. The Labute approximate surface area is 132 Å². The highest BCUT2D eigenvalue weighted by Gasteiger charge is 2.29. The minimum Gasteiger partial charge on any atom is -0.495 e. The number of hydrogen-bond donors (Lipinski definition) is 1. The molecule has 120 valence electrons. The average molecular weight is 335 g/mol. The quantitative estimate of drug-likeness (QED) is 0.897. The highest BCUT2D eigenvalue weighted by atomic mass is 35.5. The van der Waals surface area contributed by atoms with Crippen molar-refractivity contribution in [1.29, 1.82) is 0 Å². The van der Waals surface area contributed by atoms with Crippen LogP contribution in [-0.2, 0) is 16.6 Å². The molecule has 1 rings (SSSR count). The molecule has 0 aromatic heterocycles. The Bertz CT molecular complexity index is 609. The van der Waals surface area contributed by atoms with Gasteiger partial charge in [0.05, 0.1) is 7.11 Å². The zero-order valence-electron chi connectivity index (χ0n) is 13.1. The van der Waals surface area contributed by atoms with Crippen molar-refractivity contribution < 1.29 is 13.2 Å². The molecular weight excluding hydrogens is 312 g/mol. The van der Waals surface area contributed by atoms with Crippen molar-refractivity contribution >= 4 is 21.6 Å². The molecule has 0 radical (unpaired) electrons. The van der Waals surface area contributed by atoms with Crippen molar-refractivity contribution in [3.63, 3.8) is 0 Å². The SMILES string of the molecule is COc1c(CN)cc(Cl)cc1S(=O)(=O)N(C)CC(C)(C)C. The van der Waals surface area contributed by atoms with E-state index in [4.69, 9.17) is 22.1 Å². The Hall–Kier alpha value is -0.820. The fourth-order valence-electron chi connectivity index (χ4n) is 2.12. The summed E-state index contributed by atoms with van der Waals surface area (Å²) < 4.78 is 32.1. The lowest BCUT2D eigenvalue weighted by Gasteiger charge is -2.27. The zero-order valence-corrected chi connectivity index (χ0v) is 14.7. The molecule has 1 aromatic carbocycles. The van der Waals surface area contributed by atoms with E-state index >= 15 is 0 Å². The maximum atomic E-state index is 12.8. The third-order valence-corrected chi connectivity index (χ3v) is 4.93. The lowest BCUT2D eigenvalue weighted by atomic mass is 9.97. The van der Waals surface area contributed by atoms with Gasteiger partial charge in [-0.15, -0.1) is 0 Å². The predicted octanol–water partition coefficient (Wildman–Crippen LogP) is 2.47. The third-order valence-electron chi connectivity index (χ3n) is 2.91. The van der Waals surface area contributed by atoms with Crippen LogP contribution in [0.3, 0.4) is 0 Å². The number of methoxy groups -OCH3 is 1. The monoisotopic (exact) mass is 334 g/mol. The Balaban J connectivity index is 3.40. The topological polar surface area (TPSA) is 72.6 Å². The van der Waals surface area contributed by atoms with E-state index in [0.29, 0.717) is 17.1 Å². The van der Waals surface area contributed by atoms with Gasteiger partial charge in [0.15, 0.2) is 0 Å². The van der Waals surface area contributed by atoms with Crippen LogP contribution in [0.15, 0.2) is 17.0 Å². The number of halogens is 1. The van der Waals surface area contributed by atoms with Crippen LogP contribution in [0.1, 0.15) is 26.3 Å². The van der Waals surface area contributed by atoms with Crippen LogP contribution in [0.2, 0.25) is 5.02 Å². The molecule has 0 saturated carbocycles. The lowest BCUT2D eigenvalue weighted by Crippen LogP contribution is -2.34. The first kappa shape index (κ1) is 18.2. The molecule has 0 bridgehead atoms. The molecule has 0 heterocycles. The third kappa shape index (κ3) is 4.32. The Kier molecular flexibility index (Phi) is 5.66. The van der Waals surface area contributed by atoms with Crippen LogP contribution in [0.5, 0.6) is 5.75 Å². The van der Waals surface area contributed by atoms with E-state index in [2.05, 4.69) is 0 Å². The second-order valence-corrected chi connectivity index (χ2v) is 8.57. The van der Waals surface area contributed by atoms with Crippen molar-refractivity contribution in [1.82, 2.24) is 4.31 Å². The van der Waals surface area contributed by atoms with Gasteiger partial charge in [-0.05, 0) is 17.5 Å². The number of nitrogens with zero attached hydrogens (tertiary/aromatic N) is 1. The molecule has 1 aromatic rings. The molecule has 2 N–H and O–H groups in total. The minimum absolute atomic E-state index is 0.0460. The van der Waals surface area contributed by atoms with Crippen LogP contribution >= 0.6 is 11.6 Å². The summed E-state index contributed by atoms with van der Waals surface area (Å²) in [5.41, 5.74) is 6.04. The molecule has 0 aliphatic carbocycles. The van der Waals surface area contributed by atoms with Gasteiger partial charge >= 0.3 is 0 Å². The van der Waals surface area contributed by atoms with Gasteiger partial charge in [0.2, 0.25) is 10.0 Å². The number of hydrogen-bond acceptors (Lipinski definition) is 4. The molecule has 0 saturated heterocycles. The molecule has 0 spiro atoms. The van der Waals surface area contributed by atoms with E-state index in [1.165, 1.54) is 17.5 Å². The van der Waals surface area contributed by atoms with Gasteiger partial charge in [-0.1, -0.05) is 32.4 Å². The van der Waals surface area contributed by atoms with Crippen molar-refractivity contribution in [2.75, 3.05) is 20.7 Å². The Morgan fingerprint density at radius 2 is 1.90 bits per heavy atom. The summed E-state index contributed by atoms with van der Waals surface area (Å²) in [5.74, 6) is 0.252. The number of ether oxygens (including phenoxy) is 1. The number of sulfonamides is 1. The summed E-state index contributed by atoms with van der Waals surface area (Å²) in [4.78, 5) is 0.0460. The van der Waals surface area contributed by atoms with E-state index in [1.54, 1.807) is 13.1 Å². The van der Waals surface area contributed by atoms with Crippen LogP contribution in [-0.4, -0.2) is 33.4 Å². The zero-order chi connectivity index (χ0) is 16.4. The average Bonchev–Trinajstić information content (AvgIpc) is 2.35. The smallest absolute Gasteiger partial charge is 0.246 e. The van der Waals surface area contributed by atoms with Crippen LogP contribution in [0, 0.1) is 5.41 Å². The number of nitrogens with two attached hydrogens (primary N) is 1. The first-order chi connectivity index (χ1) is 9.52. The maximum absolute atomic E-state index is 12.8. The van der Waals surface area contributed by atoms with E-state index in [1.807, 2.05) is 20.8 Å². The van der Waals surface area contributed by atoms with E-state index < -0.39 is 10.0 Å². The van der Waals surface area contributed by atoms with Crippen molar-refractivity contribution in [3.8, 4) is 5.75 Å². The van der Waals surface area contributed by atoms with Gasteiger partial charge in [-0.25, -0.2) is 12.7 Å². The van der Waals surface area contributed by atoms with Gasteiger partial charge in [0.1, 0.15) is 10.6 Å². The Morgan fingerprint density at radius 1 is 1.33 bits per heavy atom. The first-order valence-electron chi connectivity index (χ1n) is 6.55. The van der Waals surface area contributed by atoms with Crippen molar-refractivity contribution in [3.05, 3.63) is 22.7 Å².